The van der Waals surface area contributed by atoms with E-state index in [9.17, 15) is 57.1 Å². The number of benzene rings is 1. The van der Waals surface area contributed by atoms with E-state index in [1.807, 2.05) is 0 Å². The van der Waals surface area contributed by atoms with Crippen molar-refractivity contribution in [2.45, 2.75) is 48.6 Å². The predicted octanol–water partition coefficient (Wildman–Crippen LogP) is 6.00. The number of hydrogen-bond donors (Lipinski definition) is 0. The number of rotatable bonds is 8. The molecule has 0 unspecified atom stereocenters. The number of aryl methyl sites for hydroxylation is 1. The molecule has 1 aromatic carbocycles. The Labute approximate surface area is 167 Å². The van der Waals surface area contributed by atoms with Gasteiger partial charge in [0, 0.05) is 0 Å². The van der Waals surface area contributed by atoms with Crippen molar-refractivity contribution in [1.29, 1.82) is 0 Å². The Kier molecular flexibility index (Phi) is 7.36. The van der Waals surface area contributed by atoms with E-state index < -0.39 is 48.6 Å². The van der Waals surface area contributed by atoms with Gasteiger partial charge in [-0.2, -0.15) is 13.2 Å². The third-order valence-corrected chi connectivity index (χ3v) is 6.63. The minimum absolute atomic E-state index is 0.114. The van der Waals surface area contributed by atoms with Gasteiger partial charge in [-0.05, 0) is 0 Å². The summed E-state index contributed by atoms with van der Waals surface area (Å²) in [6, 6.07) is 4.98. The van der Waals surface area contributed by atoms with Crippen LogP contribution in [0.15, 0.2) is 24.3 Å². The summed E-state index contributed by atoms with van der Waals surface area (Å²) in [6.07, 6.45) is -10.7. The van der Waals surface area contributed by atoms with E-state index in [1.165, 1.54) is 12.1 Å². The van der Waals surface area contributed by atoms with Gasteiger partial charge in [-0.3, -0.25) is 0 Å². The Balaban J connectivity index is 3.20. The van der Waals surface area contributed by atoms with Crippen molar-refractivity contribution in [2.75, 3.05) is 0 Å². The van der Waals surface area contributed by atoms with Crippen LogP contribution in [0.2, 0.25) is 0 Å². The van der Waals surface area contributed by atoms with Crippen molar-refractivity contribution in [3.8, 4) is 0 Å². The van der Waals surface area contributed by atoms with Gasteiger partial charge in [0.15, 0.2) is 0 Å². The van der Waals surface area contributed by atoms with Crippen molar-refractivity contribution in [3.05, 3.63) is 29.8 Å². The molecule has 0 atom stereocenters. The quantitative estimate of drug-likeness (QED) is 0.261. The van der Waals surface area contributed by atoms with Gasteiger partial charge < -0.3 is 0 Å². The summed E-state index contributed by atoms with van der Waals surface area (Å²) in [4.78, 5) is 0. The van der Waals surface area contributed by atoms with Crippen LogP contribution < -0.4 is 4.46 Å². The molecule has 0 N–H and O–H groups in total. The summed E-state index contributed by atoms with van der Waals surface area (Å²) in [5, 5.41) is 0. The van der Waals surface area contributed by atoms with Crippen molar-refractivity contribution in [3.63, 3.8) is 0 Å². The topological polar surface area (TPSA) is 0 Å². The van der Waals surface area contributed by atoms with Gasteiger partial charge in [0.05, 0.1) is 0 Å². The number of hydrogen-bond acceptors (Lipinski definition) is 0. The molecule has 0 fully saturated rings. The molecule has 0 heterocycles. The van der Waals surface area contributed by atoms with Crippen LogP contribution in [-0.2, 0) is 6.42 Å². The first kappa shape index (κ1) is 26.3. The molecule has 168 valence electrons. The zero-order valence-corrected chi connectivity index (χ0v) is 16.7. The summed E-state index contributed by atoms with van der Waals surface area (Å²) in [5.41, 5.74) is -0.114. The zero-order chi connectivity index (χ0) is 23.1. The second-order valence-corrected chi connectivity index (χ2v) is 8.72. The van der Waals surface area contributed by atoms with Gasteiger partial charge in [0.2, 0.25) is 0 Å². The molecule has 1 rings (SSSR count). The van der Waals surface area contributed by atoms with Gasteiger partial charge in [-0.1, -0.05) is 0 Å². The normalized spacial score (nSPS) is 15.0. The molecule has 0 amide bonds. The summed E-state index contributed by atoms with van der Waals surface area (Å²) < 4.78 is 169. The zero-order valence-electron chi connectivity index (χ0n) is 13.4. The fourth-order valence-electron chi connectivity index (χ4n) is 1.97. The Hall–Kier alpha value is -0.691. The maximum atomic E-state index is 13.6. The second kappa shape index (κ2) is 8.10. The molecular weight excluding hydrogens is 574 g/mol. The summed E-state index contributed by atoms with van der Waals surface area (Å²) in [7, 11) is 0. The van der Waals surface area contributed by atoms with Gasteiger partial charge in [0.25, 0.3) is 0 Å². The van der Waals surface area contributed by atoms with Crippen LogP contribution in [-0.4, -0.2) is 48.9 Å². The third kappa shape index (κ3) is 4.51. The van der Waals surface area contributed by atoms with Crippen LogP contribution in [0.4, 0.5) is 57.1 Å². The molecule has 0 aromatic heterocycles. The third-order valence-electron chi connectivity index (χ3n) is 3.74. The molecule has 0 aliphatic heterocycles. The van der Waals surface area contributed by atoms with Gasteiger partial charge in [0.1, 0.15) is 0 Å². The number of halogens is 14. The van der Waals surface area contributed by atoms with Crippen LogP contribution in [0, 0.1) is 0 Å². The van der Waals surface area contributed by atoms with E-state index in [0.29, 0.717) is 4.46 Å². The van der Waals surface area contributed by atoms with Crippen molar-refractivity contribution in [1.82, 2.24) is 0 Å². The maximum absolute atomic E-state index is 13.6. The van der Waals surface area contributed by atoms with Gasteiger partial charge in [-0.15, -0.1) is 0 Å². The standard InChI is InChI=1S/C14H8BrF13Se/c15-29-8-3-1-7(2-4-8)5-6-9(16,17)10(18,19)11(20,21)12(22,23)13(24,25)14(26,27)28/h1-4H,5-6H2. The Bertz CT molecular complexity index is 696. The molecule has 0 nitrogen and oxygen atoms in total. The monoisotopic (exact) mass is 582 g/mol. The van der Waals surface area contributed by atoms with Crippen molar-refractivity contribution < 1.29 is 57.1 Å². The Morgan fingerprint density at radius 1 is 0.621 bits per heavy atom. The van der Waals surface area contributed by atoms with E-state index in [2.05, 4.69) is 14.1 Å². The molecule has 0 aliphatic carbocycles. The average molecular weight is 582 g/mol. The number of alkyl halides is 13. The second-order valence-electron chi connectivity index (χ2n) is 5.72. The summed E-state index contributed by atoms with van der Waals surface area (Å²) >= 11 is 2.89. The van der Waals surface area contributed by atoms with Crippen LogP contribution in [0.5, 0.6) is 0 Å². The van der Waals surface area contributed by atoms with Gasteiger partial charge in [-0.25, -0.2) is 0 Å². The van der Waals surface area contributed by atoms with E-state index in [1.54, 1.807) is 0 Å². The first-order valence-electron chi connectivity index (χ1n) is 7.09. The fourth-order valence-corrected chi connectivity index (χ4v) is 3.59. The van der Waals surface area contributed by atoms with E-state index in [0.717, 1.165) is 12.1 Å². The van der Waals surface area contributed by atoms with E-state index in [-0.39, 0.29) is 18.7 Å². The summed E-state index contributed by atoms with van der Waals surface area (Å²) in [6.45, 7) is 0. The van der Waals surface area contributed by atoms with Crippen LogP contribution in [0.25, 0.3) is 0 Å². The SMILES string of the molecule is FC(F)(F)C(F)(F)C(F)(F)C(F)(F)C(F)(F)C(F)(F)CCc1ccc([Se]Br)cc1. The van der Waals surface area contributed by atoms with Crippen LogP contribution in [0.1, 0.15) is 12.0 Å². The predicted molar refractivity (Wildman–Crippen MR) is 79.9 cm³/mol. The van der Waals surface area contributed by atoms with Crippen LogP contribution in [0.3, 0.4) is 0 Å². The minimum atomic E-state index is -7.86. The molecule has 29 heavy (non-hydrogen) atoms. The fraction of sp³-hybridized carbons (Fsp3) is 0.571. The Morgan fingerprint density at radius 2 is 1.03 bits per heavy atom. The first-order valence-corrected chi connectivity index (χ1v) is 12.0. The first-order chi connectivity index (χ1) is 12.8. The molecule has 0 spiro atoms. The van der Waals surface area contributed by atoms with E-state index in [4.69, 9.17) is 0 Å². The average Bonchev–Trinajstić information content (AvgIpc) is 2.58. The van der Waals surface area contributed by atoms with Gasteiger partial charge >= 0.3 is 154 Å². The molecule has 0 radical (unpaired) electrons. The Morgan fingerprint density at radius 3 is 1.41 bits per heavy atom. The molecule has 0 saturated heterocycles. The molecular formula is C14H8BrF13Se. The molecule has 15 heteroatoms. The van der Waals surface area contributed by atoms with Crippen LogP contribution >= 0.6 is 14.1 Å². The van der Waals surface area contributed by atoms with Crippen molar-refractivity contribution >= 4 is 31.7 Å². The molecule has 0 saturated carbocycles. The van der Waals surface area contributed by atoms with E-state index >= 15 is 0 Å². The molecule has 0 bridgehead atoms. The molecule has 0 aliphatic rings. The molecule has 1 aromatic rings. The van der Waals surface area contributed by atoms with Crippen molar-refractivity contribution in [2.24, 2.45) is 0 Å². The summed E-state index contributed by atoms with van der Waals surface area (Å²) in [5.74, 6) is -36.6.